The van der Waals surface area contributed by atoms with Crippen molar-refractivity contribution in [3.8, 4) is 0 Å². The van der Waals surface area contributed by atoms with Gasteiger partial charge in [-0.3, -0.25) is 0 Å². The molecule has 1 aliphatic heterocycles. The second kappa shape index (κ2) is 3.92. The molecule has 1 radical (unpaired) electrons. The number of anilines is 1. The quantitative estimate of drug-likeness (QED) is 0.657. The lowest BCUT2D eigenvalue weighted by atomic mass is 10.3. The molecular weight excluding hydrogens is 178 g/mol. The minimum atomic E-state index is 0.764. The molecule has 4 nitrogen and oxygen atoms in total. The van der Waals surface area contributed by atoms with Crippen molar-refractivity contribution in [3.63, 3.8) is 0 Å². The maximum absolute atomic E-state index is 5.28. The van der Waals surface area contributed by atoms with Crippen LogP contribution in [0.3, 0.4) is 0 Å². The van der Waals surface area contributed by atoms with Crippen molar-refractivity contribution < 1.29 is 4.74 Å². The molecule has 1 saturated heterocycles. The molecule has 0 aliphatic carbocycles. The molecule has 1 aliphatic rings. The highest BCUT2D eigenvalue weighted by Crippen LogP contribution is 2.10. The van der Waals surface area contributed by atoms with Crippen molar-refractivity contribution in [2.45, 2.75) is 13.8 Å². The Morgan fingerprint density at radius 1 is 1.14 bits per heavy atom. The van der Waals surface area contributed by atoms with Crippen molar-refractivity contribution in [3.05, 3.63) is 17.5 Å². The van der Waals surface area contributed by atoms with Crippen molar-refractivity contribution in [1.29, 1.82) is 0 Å². The van der Waals surface area contributed by atoms with Crippen molar-refractivity contribution >= 4 is 5.95 Å². The highest BCUT2D eigenvalue weighted by atomic mass is 16.5. The smallest absolute Gasteiger partial charge is 0.225 e. The third-order valence-electron chi connectivity index (χ3n) is 2.19. The van der Waals surface area contributed by atoms with E-state index in [0.717, 1.165) is 43.6 Å². The second-order valence-corrected chi connectivity index (χ2v) is 3.42. The Morgan fingerprint density at radius 2 is 1.71 bits per heavy atom. The molecule has 0 atom stereocenters. The Balaban J connectivity index is 2.21. The largest absolute Gasteiger partial charge is 0.378 e. The van der Waals surface area contributed by atoms with E-state index >= 15 is 0 Å². The molecule has 4 heteroatoms. The van der Waals surface area contributed by atoms with Crippen LogP contribution in [-0.2, 0) is 4.74 Å². The summed E-state index contributed by atoms with van der Waals surface area (Å²) >= 11 is 0. The van der Waals surface area contributed by atoms with E-state index in [1.54, 1.807) is 0 Å². The minimum absolute atomic E-state index is 0.764. The highest BCUT2D eigenvalue weighted by Gasteiger charge is 2.13. The molecule has 0 aromatic carbocycles. The fourth-order valence-corrected chi connectivity index (χ4v) is 1.55. The lowest BCUT2D eigenvalue weighted by Crippen LogP contribution is -2.37. The number of hydrogen-bond donors (Lipinski definition) is 0. The minimum Gasteiger partial charge on any atom is -0.378 e. The summed E-state index contributed by atoms with van der Waals surface area (Å²) < 4.78 is 5.28. The molecule has 14 heavy (non-hydrogen) atoms. The van der Waals surface area contributed by atoms with Gasteiger partial charge in [-0.25, -0.2) is 9.97 Å². The van der Waals surface area contributed by atoms with Crippen LogP contribution in [0.2, 0.25) is 0 Å². The van der Waals surface area contributed by atoms with E-state index in [4.69, 9.17) is 4.74 Å². The third-order valence-corrected chi connectivity index (χ3v) is 2.19. The summed E-state index contributed by atoms with van der Waals surface area (Å²) in [5.41, 5.74) is 1.80. The third kappa shape index (κ3) is 2.01. The molecular formula is C10H14N3O. The molecule has 1 aromatic rings. The molecule has 0 unspecified atom stereocenters. The van der Waals surface area contributed by atoms with Crippen molar-refractivity contribution in [2.75, 3.05) is 31.2 Å². The highest BCUT2D eigenvalue weighted by molar-refractivity contribution is 5.31. The number of morpholine rings is 1. The van der Waals surface area contributed by atoms with E-state index in [0.29, 0.717) is 0 Å². The van der Waals surface area contributed by atoms with E-state index in [1.165, 1.54) is 0 Å². The summed E-state index contributed by atoms with van der Waals surface area (Å²) in [6, 6.07) is 3.07. The average molecular weight is 192 g/mol. The summed E-state index contributed by atoms with van der Waals surface area (Å²) in [6.45, 7) is 7.17. The van der Waals surface area contributed by atoms with Crippen molar-refractivity contribution in [2.24, 2.45) is 0 Å². The summed E-state index contributed by atoms with van der Waals surface area (Å²) in [7, 11) is 0. The molecule has 0 N–H and O–H groups in total. The first-order chi connectivity index (χ1) is 6.75. The van der Waals surface area contributed by atoms with Gasteiger partial charge in [-0.05, 0) is 13.8 Å². The zero-order valence-electron chi connectivity index (χ0n) is 8.58. The van der Waals surface area contributed by atoms with Crippen molar-refractivity contribution in [1.82, 2.24) is 9.97 Å². The van der Waals surface area contributed by atoms with Gasteiger partial charge in [0.15, 0.2) is 0 Å². The second-order valence-electron chi connectivity index (χ2n) is 3.42. The Bertz CT molecular complexity index is 301. The van der Waals surface area contributed by atoms with Gasteiger partial charge < -0.3 is 9.64 Å². The molecule has 0 bridgehead atoms. The summed E-state index contributed by atoms with van der Waals surface area (Å²) in [4.78, 5) is 10.9. The predicted molar refractivity (Wildman–Crippen MR) is 53.4 cm³/mol. The maximum Gasteiger partial charge on any atom is 0.225 e. The van der Waals surface area contributed by atoms with Gasteiger partial charge in [0.25, 0.3) is 0 Å². The molecule has 0 saturated carbocycles. The van der Waals surface area contributed by atoms with E-state index in [2.05, 4.69) is 20.9 Å². The van der Waals surface area contributed by atoms with E-state index < -0.39 is 0 Å². The van der Waals surface area contributed by atoms with Gasteiger partial charge in [-0.2, -0.15) is 0 Å². The standard InChI is InChI=1S/C10H14N3O/c1-8-7-9(2)12-10(11-8)13-3-5-14-6-4-13/h3-6H2,1-2H3. The molecule has 75 valence electrons. The van der Waals surface area contributed by atoms with Crippen LogP contribution in [-0.4, -0.2) is 36.3 Å². The first-order valence-corrected chi connectivity index (χ1v) is 4.83. The average Bonchev–Trinajstić information content (AvgIpc) is 2.18. The van der Waals surface area contributed by atoms with Crippen LogP contribution in [0.4, 0.5) is 5.95 Å². The maximum atomic E-state index is 5.28. The van der Waals surface area contributed by atoms with Gasteiger partial charge in [0.1, 0.15) is 0 Å². The lowest BCUT2D eigenvalue weighted by Gasteiger charge is -2.26. The summed E-state index contributed by atoms with van der Waals surface area (Å²) in [6.07, 6.45) is 0. The molecule has 0 spiro atoms. The summed E-state index contributed by atoms with van der Waals surface area (Å²) in [5, 5.41) is 0. The Hall–Kier alpha value is -1.16. The number of ether oxygens (including phenoxy) is 1. The SMILES string of the molecule is Cc1[c]c(C)nc(N2CCOCC2)n1. The van der Waals surface area contributed by atoms with Crippen LogP contribution in [0.15, 0.2) is 0 Å². The summed E-state index contributed by atoms with van der Waals surface area (Å²) in [5.74, 6) is 0.807. The zero-order chi connectivity index (χ0) is 9.97. The van der Waals surface area contributed by atoms with Gasteiger partial charge in [-0.15, -0.1) is 0 Å². The number of rotatable bonds is 1. The van der Waals surface area contributed by atoms with E-state index in [1.807, 2.05) is 13.8 Å². The predicted octanol–water partition coefficient (Wildman–Crippen LogP) is 0.730. The van der Waals surface area contributed by atoms with Gasteiger partial charge >= 0.3 is 0 Å². The molecule has 1 aromatic heterocycles. The van der Waals surface area contributed by atoms with Gasteiger partial charge in [0, 0.05) is 19.2 Å². The van der Waals surface area contributed by atoms with Gasteiger partial charge in [-0.1, -0.05) is 0 Å². The van der Waals surface area contributed by atoms with E-state index in [-0.39, 0.29) is 0 Å². The molecule has 0 amide bonds. The Kier molecular flexibility index (Phi) is 2.63. The van der Waals surface area contributed by atoms with E-state index in [9.17, 15) is 0 Å². The van der Waals surface area contributed by atoms with Crippen LogP contribution in [0.1, 0.15) is 11.4 Å². The number of hydrogen-bond acceptors (Lipinski definition) is 4. The number of nitrogens with zero attached hydrogens (tertiary/aromatic N) is 3. The first-order valence-electron chi connectivity index (χ1n) is 4.83. The topological polar surface area (TPSA) is 38.2 Å². The number of aryl methyl sites for hydroxylation is 2. The number of aromatic nitrogens is 2. The lowest BCUT2D eigenvalue weighted by molar-refractivity contribution is 0.122. The van der Waals surface area contributed by atoms with Gasteiger partial charge in [0.2, 0.25) is 5.95 Å². The van der Waals surface area contributed by atoms with Crippen LogP contribution < -0.4 is 4.90 Å². The molecule has 2 heterocycles. The normalized spacial score (nSPS) is 17.1. The zero-order valence-corrected chi connectivity index (χ0v) is 8.58. The molecule has 1 fully saturated rings. The fourth-order valence-electron chi connectivity index (χ4n) is 1.55. The first kappa shape index (κ1) is 9.40. The molecule has 2 rings (SSSR count). The van der Waals surface area contributed by atoms with Crippen LogP contribution in [0, 0.1) is 19.9 Å². The Labute approximate surface area is 83.9 Å². The van der Waals surface area contributed by atoms with Gasteiger partial charge in [0.05, 0.1) is 24.6 Å². The van der Waals surface area contributed by atoms with Crippen LogP contribution in [0.5, 0.6) is 0 Å². The van der Waals surface area contributed by atoms with Crippen LogP contribution >= 0.6 is 0 Å². The Morgan fingerprint density at radius 3 is 2.29 bits per heavy atom. The fraction of sp³-hybridized carbons (Fsp3) is 0.600. The van der Waals surface area contributed by atoms with Crippen LogP contribution in [0.25, 0.3) is 0 Å². The monoisotopic (exact) mass is 192 g/mol.